The van der Waals surface area contributed by atoms with E-state index in [4.69, 9.17) is 0 Å². The Hall–Kier alpha value is -2.69. The van der Waals surface area contributed by atoms with E-state index in [2.05, 4.69) is 10.3 Å². The van der Waals surface area contributed by atoms with Gasteiger partial charge in [0.15, 0.2) is 0 Å². The van der Waals surface area contributed by atoms with Gasteiger partial charge >= 0.3 is 0 Å². The molecule has 0 saturated carbocycles. The zero-order valence-corrected chi connectivity index (χ0v) is 12.4. The van der Waals surface area contributed by atoms with Crippen LogP contribution in [0.25, 0.3) is 11.0 Å². The summed E-state index contributed by atoms with van der Waals surface area (Å²) in [5, 5.41) is 2.82. The van der Waals surface area contributed by atoms with Gasteiger partial charge in [0.25, 0.3) is 0 Å². The lowest BCUT2D eigenvalue weighted by Gasteiger charge is -2.06. The Kier molecular flexibility index (Phi) is 3.63. The number of carbonyl (C=O) groups is 1. The number of nitrogens with one attached hydrogen (secondary N) is 1. The van der Waals surface area contributed by atoms with E-state index >= 15 is 0 Å². The zero-order valence-electron chi connectivity index (χ0n) is 12.4. The summed E-state index contributed by atoms with van der Waals surface area (Å²) in [5.74, 6) is 0.395. The molecule has 0 radical (unpaired) electrons. The van der Waals surface area contributed by atoms with Gasteiger partial charge in [0.1, 0.15) is 11.6 Å². The van der Waals surface area contributed by atoms with Crippen molar-refractivity contribution in [1.29, 1.82) is 0 Å². The first-order chi connectivity index (χ1) is 10.5. The van der Waals surface area contributed by atoms with Crippen molar-refractivity contribution in [2.45, 2.75) is 13.3 Å². The summed E-state index contributed by atoms with van der Waals surface area (Å²) in [6.45, 7) is 1.93. The van der Waals surface area contributed by atoms with Gasteiger partial charge in [-0.1, -0.05) is 12.1 Å². The van der Waals surface area contributed by atoms with E-state index in [0.29, 0.717) is 11.3 Å². The molecule has 3 rings (SSSR count). The third-order valence-electron chi connectivity index (χ3n) is 3.64. The molecular formula is C17H16FN3O. The molecule has 0 bridgehead atoms. The van der Waals surface area contributed by atoms with Gasteiger partial charge in [0.2, 0.25) is 5.91 Å². The van der Waals surface area contributed by atoms with Crippen LogP contribution in [-0.4, -0.2) is 15.5 Å². The number of hydrogen-bond acceptors (Lipinski definition) is 2. The maximum absolute atomic E-state index is 13.1. The Morgan fingerprint density at radius 1 is 1.27 bits per heavy atom. The van der Waals surface area contributed by atoms with Crippen LogP contribution >= 0.6 is 0 Å². The van der Waals surface area contributed by atoms with E-state index in [9.17, 15) is 9.18 Å². The summed E-state index contributed by atoms with van der Waals surface area (Å²) < 4.78 is 15.1. The molecule has 5 heteroatoms. The van der Waals surface area contributed by atoms with E-state index in [1.165, 1.54) is 12.1 Å². The molecule has 0 saturated heterocycles. The lowest BCUT2D eigenvalue weighted by atomic mass is 10.1. The van der Waals surface area contributed by atoms with Crippen molar-refractivity contribution in [1.82, 2.24) is 9.55 Å². The first kappa shape index (κ1) is 14.3. The zero-order chi connectivity index (χ0) is 15.7. The van der Waals surface area contributed by atoms with Crippen molar-refractivity contribution < 1.29 is 9.18 Å². The molecule has 0 spiro atoms. The molecule has 4 nitrogen and oxygen atoms in total. The number of amides is 1. The maximum atomic E-state index is 13.1. The summed E-state index contributed by atoms with van der Waals surface area (Å²) in [6, 6.07) is 11.7. The molecule has 0 aliphatic carbocycles. The van der Waals surface area contributed by atoms with Crippen LogP contribution in [0.5, 0.6) is 0 Å². The lowest BCUT2D eigenvalue weighted by molar-refractivity contribution is -0.115. The van der Waals surface area contributed by atoms with Crippen molar-refractivity contribution in [2.75, 3.05) is 5.32 Å². The fraction of sp³-hybridized carbons (Fsp3) is 0.176. The normalized spacial score (nSPS) is 10.9. The number of rotatable bonds is 3. The van der Waals surface area contributed by atoms with Crippen molar-refractivity contribution in [3.63, 3.8) is 0 Å². The Balaban J connectivity index is 1.76. The molecule has 0 atom stereocenters. The van der Waals surface area contributed by atoms with E-state index < -0.39 is 0 Å². The standard InChI is InChI=1S/C17H16FN3O/c1-11-19-15-10-14(6-7-16(15)21(11)2)20-17(22)9-12-4-3-5-13(18)8-12/h3-8,10H,9H2,1-2H3,(H,20,22). The highest BCUT2D eigenvalue weighted by molar-refractivity contribution is 5.94. The first-order valence-electron chi connectivity index (χ1n) is 7.00. The van der Waals surface area contributed by atoms with Crippen molar-refractivity contribution >= 4 is 22.6 Å². The minimum absolute atomic E-state index is 0.136. The lowest BCUT2D eigenvalue weighted by Crippen LogP contribution is -2.14. The second-order valence-corrected chi connectivity index (χ2v) is 5.28. The molecular weight excluding hydrogens is 281 g/mol. The Morgan fingerprint density at radius 2 is 2.09 bits per heavy atom. The predicted molar refractivity (Wildman–Crippen MR) is 84.2 cm³/mol. The average Bonchev–Trinajstić information content (AvgIpc) is 2.73. The molecule has 0 unspecified atom stereocenters. The van der Waals surface area contributed by atoms with Gasteiger partial charge in [-0.25, -0.2) is 9.37 Å². The quantitative estimate of drug-likeness (QED) is 0.807. The van der Waals surface area contributed by atoms with Gasteiger partial charge in [-0.05, 0) is 42.8 Å². The number of anilines is 1. The summed E-state index contributed by atoms with van der Waals surface area (Å²) in [4.78, 5) is 16.5. The van der Waals surface area contributed by atoms with Crippen LogP contribution in [0.3, 0.4) is 0 Å². The second kappa shape index (κ2) is 5.60. The Labute approximate surface area is 127 Å². The third-order valence-corrected chi connectivity index (χ3v) is 3.64. The van der Waals surface area contributed by atoms with E-state index in [1.807, 2.05) is 36.7 Å². The van der Waals surface area contributed by atoms with Gasteiger partial charge in [-0.3, -0.25) is 4.79 Å². The van der Waals surface area contributed by atoms with Crippen molar-refractivity contribution in [2.24, 2.45) is 7.05 Å². The van der Waals surface area contributed by atoms with Gasteiger partial charge in [0, 0.05) is 12.7 Å². The molecule has 0 fully saturated rings. The van der Waals surface area contributed by atoms with Gasteiger partial charge in [0.05, 0.1) is 17.5 Å². The third kappa shape index (κ3) is 2.83. The minimum Gasteiger partial charge on any atom is -0.331 e. The van der Waals surface area contributed by atoms with Gasteiger partial charge < -0.3 is 9.88 Å². The molecule has 22 heavy (non-hydrogen) atoms. The summed E-state index contributed by atoms with van der Waals surface area (Å²) >= 11 is 0. The van der Waals surface area contributed by atoms with Gasteiger partial charge in [-0.2, -0.15) is 0 Å². The van der Waals surface area contributed by atoms with E-state index in [1.54, 1.807) is 12.1 Å². The fourth-order valence-electron chi connectivity index (χ4n) is 2.44. The molecule has 1 N–H and O–H groups in total. The highest BCUT2D eigenvalue weighted by Crippen LogP contribution is 2.19. The molecule has 2 aromatic carbocycles. The number of nitrogens with zero attached hydrogens (tertiary/aromatic N) is 2. The van der Waals surface area contributed by atoms with E-state index in [0.717, 1.165) is 16.9 Å². The fourth-order valence-corrected chi connectivity index (χ4v) is 2.44. The summed E-state index contributed by atoms with van der Waals surface area (Å²) in [6.07, 6.45) is 0.136. The minimum atomic E-state index is -0.337. The highest BCUT2D eigenvalue weighted by atomic mass is 19.1. The molecule has 1 heterocycles. The monoisotopic (exact) mass is 297 g/mol. The van der Waals surface area contributed by atoms with Crippen LogP contribution in [0.4, 0.5) is 10.1 Å². The van der Waals surface area contributed by atoms with Crippen LogP contribution in [0.2, 0.25) is 0 Å². The van der Waals surface area contributed by atoms with Crippen LogP contribution in [0.15, 0.2) is 42.5 Å². The van der Waals surface area contributed by atoms with E-state index in [-0.39, 0.29) is 18.1 Å². The van der Waals surface area contributed by atoms with Crippen molar-refractivity contribution in [3.8, 4) is 0 Å². The van der Waals surface area contributed by atoms with Crippen molar-refractivity contribution in [3.05, 3.63) is 59.7 Å². The van der Waals surface area contributed by atoms with Crippen LogP contribution in [-0.2, 0) is 18.3 Å². The predicted octanol–water partition coefficient (Wildman–Crippen LogP) is 3.20. The molecule has 1 aromatic heterocycles. The number of aromatic nitrogens is 2. The Morgan fingerprint density at radius 3 is 2.86 bits per heavy atom. The molecule has 1 amide bonds. The number of imidazole rings is 1. The number of halogens is 1. The molecule has 0 aliphatic rings. The van der Waals surface area contributed by atoms with Crippen LogP contribution in [0, 0.1) is 12.7 Å². The maximum Gasteiger partial charge on any atom is 0.228 e. The SMILES string of the molecule is Cc1nc2cc(NC(=O)Cc3cccc(F)c3)ccc2n1C. The number of fused-ring (bicyclic) bond motifs is 1. The van der Waals surface area contributed by atoms with Crippen LogP contribution in [0.1, 0.15) is 11.4 Å². The number of benzene rings is 2. The largest absolute Gasteiger partial charge is 0.331 e. The van der Waals surface area contributed by atoms with Crippen LogP contribution < -0.4 is 5.32 Å². The number of hydrogen-bond donors (Lipinski definition) is 1. The first-order valence-corrected chi connectivity index (χ1v) is 7.00. The number of carbonyl (C=O) groups excluding carboxylic acids is 1. The average molecular weight is 297 g/mol. The Bertz CT molecular complexity index is 854. The highest BCUT2D eigenvalue weighted by Gasteiger charge is 2.08. The topological polar surface area (TPSA) is 46.9 Å². The number of aryl methyl sites for hydroxylation is 2. The molecule has 3 aromatic rings. The summed E-state index contributed by atoms with van der Waals surface area (Å²) in [5.41, 5.74) is 3.18. The second-order valence-electron chi connectivity index (χ2n) is 5.28. The molecule has 112 valence electrons. The summed E-state index contributed by atoms with van der Waals surface area (Å²) in [7, 11) is 1.95. The smallest absolute Gasteiger partial charge is 0.228 e. The van der Waals surface area contributed by atoms with Gasteiger partial charge in [-0.15, -0.1) is 0 Å². The molecule has 0 aliphatic heterocycles.